The van der Waals surface area contributed by atoms with Gasteiger partial charge in [0.15, 0.2) is 0 Å². The summed E-state index contributed by atoms with van der Waals surface area (Å²) in [6.45, 7) is 1.65. The van der Waals surface area contributed by atoms with Gasteiger partial charge in [-0.3, -0.25) is 4.79 Å². The summed E-state index contributed by atoms with van der Waals surface area (Å²) in [5, 5.41) is 14.1. The quantitative estimate of drug-likeness (QED) is 0.918. The van der Waals surface area contributed by atoms with Crippen LogP contribution in [0.25, 0.3) is 11.0 Å². The first-order valence-corrected chi connectivity index (χ1v) is 8.01. The van der Waals surface area contributed by atoms with Gasteiger partial charge < -0.3 is 9.99 Å². The van der Waals surface area contributed by atoms with Crippen molar-refractivity contribution in [2.75, 3.05) is 25.1 Å². The van der Waals surface area contributed by atoms with E-state index in [-0.39, 0.29) is 11.7 Å². The van der Waals surface area contributed by atoms with Crippen molar-refractivity contribution in [1.29, 1.82) is 5.26 Å². The zero-order valence-electron chi connectivity index (χ0n) is 13.3. The molecule has 2 aromatic rings. The van der Waals surface area contributed by atoms with Gasteiger partial charge >= 0.3 is 0 Å². The van der Waals surface area contributed by atoms with Gasteiger partial charge in [0.2, 0.25) is 0 Å². The van der Waals surface area contributed by atoms with Crippen LogP contribution in [-0.2, 0) is 4.79 Å². The number of fused-ring (bicyclic) bond motifs is 1. The van der Waals surface area contributed by atoms with E-state index in [0.29, 0.717) is 12.8 Å². The van der Waals surface area contributed by atoms with Crippen LogP contribution >= 0.6 is 0 Å². The summed E-state index contributed by atoms with van der Waals surface area (Å²) >= 11 is 0. The van der Waals surface area contributed by atoms with Crippen molar-refractivity contribution >= 4 is 22.5 Å². The van der Waals surface area contributed by atoms with Crippen LogP contribution in [0, 0.1) is 17.2 Å². The second-order valence-corrected chi connectivity index (χ2v) is 5.97. The van der Waals surface area contributed by atoms with E-state index in [1.807, 2.05) is 25.4 Å². The molecule has 1 fully saturated rings. The summed E-state index contributed by atoms with van der Waals surface area (Å²) in [6, 6.07) is 6.08. The Hall–Kier alpha value is -2.39. The van der Waals surface area contributed by atoms with Crippen molar-refractivity contribution in [3.63, 3.8) is 0 Å². The minimum atomic E-state index is 0.0307. The number of nitrogens with zero attached hydrogens (tertiary/aromatic N) is 4. The Balaban J connectivity index is 1.74. The van der Waals surface area contributed by atoms with Gasteiger partial charge in [0, 0.05) is 56.7 Å². The third-order valence-electron chi connectivity index (χ3n) is 4.55. The summed E-state index contributed by atoms with van der Waals surface area (Å²) in [4.78, 5) is 19.7. The molecule has 6 nitrogen and oxygen atoms in total. The van der Waals surface area contributed by atoms with Gasteiger partial charge in [-0.15, -0.1) is 0 Å². The smallest absolute Gasteiger partial charge is 0.139 e. The second-order valence-electron chi connectivity index (χ2n) is 5.97. The fourth-order valence-electron chi connectivity index (χ4n) is 3.26. The zero-order valence-corrected chi connectivity index (χ0v) is 13.3. The monoisotopic (exact) mass is 311 g/mol. The summed E-state index contributed by atoms with van der Waals surface area (Å²) < 4.78 is 0. The number of carbonyl (C=O) groups excluding carboxylic acids is 1. The molecule has 0 amide bonds. The van der Waals surface area contributed by atoms with Crippen molar-refractivity contribution < 1.29 is 4.79 Å². The van der Waals surface area contributed by atoms with E-state index in [1.54, 1.807) is 6.20 Å². The number of ketones is 1. The second kappa shape index (κ2) is 6.80. The minimum Gasteiger partial charge on any atom is -0.346 e. The summed E-state index contributed by atoms with van der Waals surface area (Å²) in [6.07, 6.45) is 6.29. The molecule has 0 bridgehead atoms. The molecule has 0 spiro atoms. The van der Waals surface area contributed by atoms with Crippen LogP contribution in [0.5, 0.6) is 0 Å². The lowest BCUT2D eigenvalue weighted by atomic mass is 9.92. The van der Waals surface area contributed by atoms with E-state index in [1.165, 1.54) is 0 Å². The van der Waals surface area contributed by atoms with E-state index in [4.69, 9.17) is 5.26 Å². The number of nitrogens with one attached hydrogen (secondary N) is 1. The normalized spacial score (nSPS) is 18.7. The van der Waals surface area contributed by atoms with Gasteiger partial charge in [0.1, 0.15) is 11.4 Å². The molecule has 3 rings (SSSR count). The van der Waals surface area contributed by atoms with Crippen LogP contribution in [0.15, 0.2) is 24.5 Å². The van der Waals surface area contributed by atoms with E-state index >= 15 is 0 Å². The van der Waals surface area contributed by atoms with E-state index in [0.717, 1.165) is 42.7 Å². The highest BCUT2D eigenvalue weighted by molar-refractivity contribution is 5.89. The number of carbonyl (C=O) groups is 1. The first kappa shape index (κ1) is 15.5. The predicted molar refractivity (Wildman–Crippen MR) is 88.6 cm³/mol. The van der Waals surface area contributed by atoms with E-state index < -0.39 is 0 Å². The van der Waals surface area contributed by atoms with Crippen molar-refractivity contribution in [1.82, 2.24) is 15.0 Å². The van der Waals surface area contributed by atoms with Gasteiger partial charge in [-0.25, -0.2) is 9.99 Å². The summed E-state index contributed by atoms with van der Waals surface area (Å²) in [7, 11) is 2.03. The maximum Gasteiger partial charge on any atom is 0.139 e. The highest BCUT2D eigenvalue weighted by Crippen LogP contribution is 2.28. The highest BCUT2D eigenvalue weighted by Gasteiger charge is 2.28. The molecular formula is C17H21N5O. The topological polar surface area (TPSA) is 76.0 Å². The Morgan fingerprint density at radius 2 is 2.43 bits per heavy atom. The standard InChI is InChI=1S/C17H21N5O/c1-21(15-7-10-20-17-14(15)6-9-19-17)22-11-3-4-13(12-22)16(23)5-2-8-18/h6-7,9-10,13H,2-5,11-12H2,1H3,(H,19,20). The maximum absolute atomic E-state index is 12.2. The van der Waals surface area contributed by atoms with Crippen molar-refractivity contribution in [3.8, 4) is 6.07 Å². The summed E-state index contributed by atoms with van der Waals surface area (Å²) in [5.74, 6) is 0.245. The molecule has 1 atom stereocenters. The molecule has 0 aromatic carbocycles. The van der Waals surface area contributed by atoms with Crippen molar-refractivity contribution in [2.24, 2.45) is 5.92 Å². The number of Topliss-reactive ketones (excluding diaryl/α,β-unsaturated/α-hetero) is 1. The number of hydrogen-bond donors (Lipinski definition) is 1. The first-order valence-electron chi connectivity index (χ1n) is 8.01. The van der Waals surface area contributed by atoms with Gasteiger partial charge in [0.25, 0.3) is 0 Å². The van der Waals surface area contributed by atoms with Crippen molar-refractivity contribution in [3.05, 3.63) is 24.5 Å². The number of nitriles is 1. The molecule has 0 aliphatic carbocycles. The van der Waals surface area contributed by atoms with Crippen LogP contribution in [0.3, 0.4) is 0 Å². The molecular weight excluding hydrogens is 290 g/mol. The van der Waals surface area contributed by atoms with Gasteiger partial charge in [0.05, 0.1) is 11.8 Å². The number of anilines is 1. The zero-order chi connectivity index (χ0) is 16.2. The molecule has 1 aliphatic heterocycles. The van der Waals surface area contributed by atoms with Crippen LogP contribution in [0.1, 0.15) is 25.7 Å². The molecule has 0 saturated carbocycles. The Bertz CT molecular complexity index is 732. The Labute approximate surface area is 135 Å². The number of hydrazine groups is 1. The largest absolute Gasteiger partial charge is 0.346 e. The lowest BCUT2D eigenvalue weighted by molar-refractivity contribution is -0.124. The fourth-order valence-corrected chi connectivity index (χ4v) is 3.26. The maximum atomic E-state index is 12.2. The number of aromatic amines is 1. The number of hydrogen-bond acceptors (Lipinski definition) is 5. The predicted octanol–water partition coefficient (Wildman–Crippen LogP) is 2.50. The van der Waals surface area contributed by atoms with Gasteiger partial charge in [-0.2, -0.15) is 5.26 Å². The molecule has 1 N–H and O–H groups in total. The third-order valence-corrected chi connectivity index (χ3v) is 4.55. The molecule has 23 heavy (non-hydrogen) atoms. The Morgan fingerprint density at radius 3 is 3.26 bits per heavy atom. The van der Waals surface area contributed by atoms with Crippen LogP contribution in [-0.4, -0.2) is 40.9 Å². The Morgan fingerprint density at radius 1 is 1.57 bits per heavy atom. The number of pyridine rings is 1. The highest BCUT2D eigenvalue weighted by atomic mass is 16.1. The minimum absolute atomic E-state index is 0.0307. The molecule has 0 radical (unpaired) electrons. The summed E-state index contributed by atoms with van der Waals surface area (Å²) in [5.41, 5.74) is 1.95. The van der Waals surface area contributed by atoms with Crippen LogP contribution < -0.4 is 5.01 Å². The molecule has 1 unspecified atom stereocenters. The van der Waals surface area contributed by atoms with E-state index in [9.17, 15) is 4.79 Å². The third kappa shape index (κ3) is 3.20. The average molecular weight is 311 g/mol. The Kier molecular flexibility index (Phi) is 4.58. The van der Waals surface area contributed by atoms with Crippen LogP contribution in [0.4, 0.5) is 5.69 Å². The SMILES string of the molecule is CN(c1ccnc2[nH]ccc12)N1CCCC(C(=O)CCC#N)C1. The van der Waals surface area contributed by atoms with E-state index in [2.05, 4.69) is 26.1 Å². The molecule has 2 aromatic heterocycles. The molecule has 120 valence electrons. The lowest BCUT2D eigenvalue weighted by Gasteiger charge is -2.39. The number of H-pyrrole nitrogens is 1. The molecule has 3 heterocycles. The number of rotatable bonds is 5. The fraction of sp³-hybridized carbons (Fsp3) is 0.471. The average Bonchev–Trinajstić information content (AvgIpc) is 3.07. The number of aromatic nitrogens is 2. The molecule has 6 heteroatoms. The molecule has 1 aliphatic rings. The number of piperidine rings is 1. The first-order chi connectivity index (χ1) is 11.2. The lowest BCUT2D eigenvalue weighted by Crippen LogP contribution is -2.48. The van der Waals surface area contributed by atoms with Gasteiger partial charge in [-0.05, 0) is 25.0 Å². The van der Waals surface area contributed by atoms with Crippen LogP contribution in [0.2, 0.25) is 0 Å². The van der Waals surface area contributed by atoms with Gasteiger partial charge in [-0.1, -0.05) is 0 Å². The van der Waals surface area contributed by atoms with Crippen molar-refractivity contribution in [2.45, 2.75) is 25.7 Å². The molecule has 1 saturated heterocycles.